The molecule has 2 heterocycles. The molecule has 0 aromatic carbocycles. The molecule has 14 heavy (non-hydrogen) atoms. The maximum atomic E-state index is 4.12. The number of aryl methyl sites for hydroxylation is 1. The minimum atomic E-state index is 0.768. The van der Waals surface area contributed by atoms with E-state index in [0.29, 0.717) is 0 Å². The summed E-state index contributed by atoms with van der Waals surface area (Å²) in [5.41, 5.74) is 1.12. The molecule has 0 amide bonds. The molecule has 1 fully saturated rings. The van der Waals surface area contributed by atoms with Gasteiger partial charge in [0, 0.05) is 19.8 Å². The summed E-state index contributed by atoms with van der Waals surface area (Å²) in [6.07, 6.45) is 6.52. The van der Waals surface area contributed by atoms with E-state index in [9.17, 15) is 0 Å². The zero-order valence-corrected chi connectivity index (χ0v) is 8.66. The molecule has 1 atom stereocenters. The van der Waals surface area contributed by atoms with Crippen molar-refractivity contribution in [2.75, 3.05) is 25.0 Å². The zero-order valence-electron chi connectivity index (χ0n) is 8.66. The molecule has 4 heteroatoms. The summed E-state index contributed by atoms with van der Waals surface area (Å²) in [6, 6.07) is 0. The van der Waals surface area contributed by atoms with Crippen molar-refractivity contribution in [1.82, 2.24) is 15.1 Å². The maximum absolute atomic E-state index is 4.12. The van der Waals surface area contributed by atoms with Crippen molar-refractivity contribution in [2.45, 2.75) is 12.8 Å². The Kier molecular flexibility index (Phi) is 3.03. The Bertz CT molecular complexity index is 275. The normalized spacial score (nSPS) is 22.2. The Balaban J connectivity index is 1.76. The molecule has 4 nitrogen and oxygen atoms in total. The molecule has 0 unspecified atom stereocenters. The van der Waals surface area contributed by atoms with Crippen molar-refractivity contribution in [2.24, 2.45) is 13.0 Å². The van der Waals surface area contributed by atoms with Gasteiger partial charge in [-0.3, -0.25) is 4.68 Å². The van der Waals surface area contributed by atoms with Gasteiger partial charge < -0.3 is 10.6 Å². The molecular formula is C10H18N4. The third kappa shape index (κ3) is 2.48. The van der Waals surface area contributed by atoms with Gasteiger partial charge in [0.05, 0.1) is 11.9 Å². The van der Waals surface area contributed by atoms with Crippen molar-refractivity contribution < 1.29 is 0 Å². The Morgan fingerprint density at radius 2 is 2.64 bits per heavy atom. The second-order valence-electron chi connectivity index (χ2n) is 4.00. The van der Waals surface area contributed by atoms with E-state index < -0.39 is 0 Å². The SMILES string of the molecule is Cn1cc(NC[C@H]2CCCNC2)cn1. The molecule has 0 aliphatic carbocycles. The van der Waals surface area contributed by atoms with Crippen LogP contribution in [-0.2, 0) is 7.05 Å². The average molecular weight is 194 g/mol. The van der Waals surface area contributed by atoms with E-state index in [1.165, 1.54) is 19.4 Å². The minimum Gasteiger partial charge on any atom is -0.382 e. The Labute approximate surface area is 84.7 Å². The van der Waals surface area contributed by atoms with Crippen LogP contribution < -0.4 is 10.6 Å². The second-order valence-corrected chi connectivity index (χ2v) is 4.00. The molecule has 1 aliphatic rings. The van der Waals surface area contributed by atoms with Gasteiger partial charge >= 0.3 is 0 Å². The summed E-state index contributed by atoms with van der Waals surface area (Å²) in [5.74, 6) is 0.768. The van der Waals surface area contributed by atoms with Gasteiger partial charge in [0.2, 0.25) is 0 Å². The van der Waals surface area contributed by atoms with Crippen LogP contribution in [0.4, 0.5) is 5.69 Å². The van der Waals surface area contributed by atoms with Gasteiger partial charge in [-0.1, -0.05) is 0 Å². The summed E-state index contributed by atoms with van der Waals surface area (Å²) in [5, 5.41) is 10.9. The minimum absolute atomic E-state index is 0.768. The van der Waals surface area contributed by atoms with Gasteiger partial charge in [-0.05, 0) is 31.8 Å². The van der Waals surface area contributed by atoms with Gasteiger partial charge in [0.25, 0.3) is 0 Å². The molecule has 0 saturated carbocycles. The highest BCUT2D eigenvalue weighted by molar-refractivity contribution is 5.37. The van der Waals surface area contributed by atoms with Crippen molar-refractivity contribution in [3.05, 3.63) is 12.4 Å². The number of anilines is 1. The molecule has 1 saturated heterocycles. The van der Waals surface area contributed by atoms with Crippen LogP contribution in [0.2, 0.25) is 0 Å². The monoisotopic (exact) mass is 194 g/mol. The van der Waals surface area contributed by atoms with Gasteiger partial charge in [-0.2, -0.15) is 5.10 Å². The van der Waals surface area contributed by atoms with E-state index in [1.54, 1.807) is 0 Å². The van der Waals surface area contributed by atoms with E-state index in [4.69, 9.17) is 0 Å². The molecule has 0 spiro atoms. The molecule has 2 rings (SSSR count). The van der Waals surface area contributed by atoms with E-state index in [0.717, 1.165) is 24.7 Å². The molecule has 0 bridgehead atoms. The fourth-order valence-corrected chi connectivity index (χ4v) is 1.87. The van der Waals surface area contributed by atoms with Gasteiger partial charge in [-0.25, -0.2) is 0 Å². The van der Waals surface area contributed by atoms with Crippen LogP contribution in [0.1, 0.15) is 12.8 Å². The maximum Gasteiger partial charge on any atom is 0.0726 e. The van der Waals surface area contributed by atoms with Crippen LogP contribution in [0.25, 0.3) is 0 Å². The predicted molar refractivity (Wildman–Crippen MR) is 57.3 cm³/mol. The van der Waals surface area contributed by atoms with Crippen molar-refractivity contribution >= 4 is 5.69 Å². The van der Waals surface area contributed by atoms with Crippen LogP contribution in [0.15, 0.2) is 12.4 Å². The highest BCUT2D eigenvalue weighted by Gasteiger charge is 2.12. The molecule has 1 aromatic heterocycles. The fraction of sp³-hybridized carbons (Fsp3) is 0.700. The molecular weight excluding hydrogens is 176 g/mol. The number of rotatable bonds is 3. The average Bonchev–Trinajstić information content (AvgIpc) is 2.63. The van der Waals surface area contributed by atoms with E-state index in [2.05, 4.69) is 15.7 Å². The Hall–Kier alpha value is -1.03. The smallest absolute Gasteiger partial charge is 0.0726 e. The fourth-order valence-electron chi connectivity index (χ4n) is 1.87. The number of hydrogen-bond acceptors (Lipinski definition) is 3. The quantitative estimate of drug-likeness (QED) is 0.749. The highest BCUT2D eigenvalue weighted by atomic mass is 15.3. The van der Waals surface area contributed by atoms with Gasteiger partial charge in [-0.15, -0.1) is 0 Å². The van der Waals surface area contributed by atoms with Gasteiger partial charge in [0.1, 0.15) is 0 Å². The van der Waals surface area contributed by atoms with Crippen molar-refractivity contribution in [3.63, 3.8) is 0 Å². The van der Waals surface area contributed by atoms with Crippen molar-refractivity contribution in [3.8, 4) is 0 Å². The lowest BCUT2D eigenvalue weighted by Crippen LogP contribution is -2.33. The molecule has 2 N–H and O–H groups in total. The summed E-state index contributed by atoms with van der Waals surface area (Å²) in [6.45, 7) is 3.38. The summed E-state index contributed by atoms with van der Waals surface area (Å²) in [4.78, 5) is 0. The third-order valence-corrected chi connectivity index (χ3v) is 2.70. The first kappa shape index (κ1) is 9.52. The second kappa shape index (κ2) is 4.46. The van der Waals surface area contributed by atoms with E-state index in [1.807, 2.05) is 24.1 Å². The first-order valence-electron chi connectivity index (χ1n) is 5.28. The van der Waals surface area contributed by atoms with Crippen LogP contribution >= 0.6 is 0 Å². The highest BCUT2D eigenvalue weighted by Crippen LogP contribution is 2.11. The Morgan fingerprint density at radius 3 is 3.29 bits per heavy atom. The number of aromatic nitrogens is 2. The summed E-state index contributed by atoms with van der Waals surface area (Å²) in [7, 11) is 1.94. The summed E-state index contributed by atoms with van der Waals surface area (Å²) < 4.78 is 1.82. The van der Waals surface area contributed by atoms with Crippen molar-refractivity contribution in [1.29, 1.82) is 0 Å². The van der Waals surface area contributed by atoms with Crippen LogP contribution in [0, 0.1) is 5.92 Å². The molecule has 78 valence electrons. The largest absolute Gasteiger partial charge is 0.382 e. The molecule has 0 radical (unpaired) electrons. The lowest BCUT2D eigenvalue weighted by molar-refractivity contribution is 0.393. The number of hydrogen-bond donors (Lipinski definition) is 2. The number of piperidine rings is 1. The molecule has 1 aliphatic heterocycles. The lowest BCUT2D eigenvalue weighted by Gasteiger charge is -2.22. The zero-order chi connectivity index (χ0) is 9.80. The third-order valence-electron chi connectivity index (χ3n) is 2.70. The van der Waals surface area contributed by atoms with Crippen LogP contribution in [-0.4, -0.2) is 29.4 Å². The standard InChI is InChI=1S/C10H18N4/c1-14-8-10(7-13-14)12-6-9-3-2-4-11-5-9/h7-9,11-12H,2-6H2,1H3/t9-/m0/s1. The van der Waals surface area contributed by atoms with Crippen LogP contribution in [0.5, 0.6) is 0 Å². The van der Waals surface area contributed by atoms with Gasteiger partial charge in [0.15, 0.2) is 0 Å². The predicted octanol–water partition coefficient (Wildman–Crippen LogP) is 0.832. The first-order valence-corrected chi connectivity index (χ1v) is 5.28. The Morgan fingerprint density at radius 1 is 1.71 bits per heavy atom. The number of nitrogens with one attached hydrogen (secondary N) is 2. The topological polar surface area (TPSA) is 41.9 Å². The summed E-state index contributed by atoms with van der Waals surface area (Å²) >= 11 is 0. The molecule has 1 aromatic rings. The van der Waals surface area contributed by atoms with E-state index in [-0.39, 0.29) is 0 Å². The first-order chi connectivity index (χ1) is 6.84. The number of nitrogens with zero attached hydrogens (tertiary/aromatic N) is 2. The lowest BCUT2D eigenvalue weighted by atomic mass is 10.00. The van der Waals surface area contributed by atoms with E-state index >= 15 is 0 Å². The van der Waals surface area contributed by atoms with Crippen LogP contribution in [0.3, 0.4) is 0 Å².